The lowest BCUT2D eigenvalue weighted by molar-refractivity contribution is -0.384. The van der Waals surface area contributed by atoms with Gasteiger partial charge >= 0.3 is 0 Å². The average Bonchev–Trinajstić information content (AvgIpc) is 3.76. The van der Waals surface area contributed by atoms with Crippen molar-refractivity contribution in [2.24, 2.45) is 11.3 Å². The number of anilines is 4. The number of ether oxygens (including phenoxy) is 2. The molecule has 3 aliphatic heterocycles. The molecule has 1 aliphatic carbocycles. The minimum Gasteiger partial charge on any atom is -0.453 e. The Labute approximate surface area is 389 Å². The van der Waals surface area contributed by atoms with Crippen molar-refractivity contribution in [2.45, 2.75) is 50.8 Å². The van der Waals surface area contributed by atoms with Crippen LogP contribution in [-0.4, -0.2) is 102 Å². The molecule has 2 fully saturated rings. The number of pyridine rings is 1. The first-order chi connectivity index (χ1) is 31.5. The number of fused-ring (bicyclic) bond motifs is 2. The highest BCUT2D eigenvalue weighted by Gasteiger charge is 2.38. The smallest absolute Gasteiger partial charge is 0.293 e. The molecule has 5 N–H and O–H groups in total. The van der Waals surface area contributed by atoms with Gasteiger partial charge in [-0.05, 0) is 109 Å². The van der Waals surface area contributed by atoms with Crippen LogP contribution in [0.25, 0.3) is 16.6 Å². The molecule has 17 nitrogen and oxygen atoms in total. The quantitative estimate of drug-likeness (QED) is 0.0583. The van der Waals surface area contributed by atoms with Gasteiger partial charge in [0.15, 0.2) is 5.94 Å². The van der Waals surface area contributed by atoms with Crippen LogP contribution in [0.2, 0.25) is 5.02 Å². The Bertz CT molecular complexity index is 2810. The zero-order chi connectivity index (χ0) is 46.4. The summed E-state index contributed by atoms with van der Waals surface area (Å²) in [6.07, 6.45) is 6.34. The van der Waals surface area contributed by atoms with Gasteiger partial charge in [0.2, 0.25) is 5.88 Å². The van der Waals surface area contributed by atoms with Gasteiger partial charge in [0.05, 0.1) is 21.1 Å². The number of hydrogen-bond donors (Lipinski definition) is 5. The van der Waals surface area contributed by atoms with Crippen molar-refractivity contribution >= 4 is 83.4 Å². The van der Waals surface area contributed by atoms with Crippen LogP contribution in [0.3, 0.4) is 0 Å². The molecule has 66 heavy (non-hydrogen) atoms. The number of rotatable bonds is 12. The number of carbonyl (C=O) groups excluding carboxylic acids is 1. The molecule has 2 saturated heterocycles. The maximum atomic E-state index is 14.3. The minimum atomic E-state index is -4.70. The van der Waals surface area contributed by atoms with E-state index in [4.69, 9.17) is 21.1 Å². The van der Waals surface area contributed by atoms with Gasteiger partial charge in [-0.3, -0.25) is 28.9 Å². The number of carbonyl (C=O) groups is 1. The number of halogens is 1. The van der Waals surface area contributed by atoms with Crippen LogP contribution in [0, 0.1) is 21.4 Å². The van der Waals surface area contributed by atoms with E-state index in [1.54, 1.807) is 30.5 Å². The molecule has 0 radical (unpaired) electrons. The van der Waals surface area contributed by atoms with Crippen molar-refractivity contribution in [3.05, 3.63) is 111 Å². The number of nitrogens with zero attached hydrogens (tertiary/aromatic N) is 5. The maximum Gasteiger partial charge on any atom is 0.293 e. The molecule has 350 valence electrons. The van der Waals surface area contributed by atoms with Crippen molar-refractivity contribution in [1.29, 1.82) is 0 Å². The summed E-state index contributed by atoms with van der Waals surface area (Å²) >= 11 is 6.25. The van der Waals surface area contributed by atoms with Gasteiger partial charge in [-0.1, -0.05) is 53.9 Å². The normalized spacial score (nSPS) is 19.5. The molecule has 5 heterocycles. The number of aromatic amines is 1. The van der Waals surface area contributed by atoms with Crippen LogP contribution in [-0.2, 0) is 14.8 Å². The lowest BCUT2D eigenvalue weighted by atomic mass is 9.72. The molecular weight excluding hydrogens is 908 g/mol. The van der Waals surface area contributed by atoms with Gasteiger partial charge in [-0.25, -0.2) is 17.4 Å². The summed E-state index contributed by atoms with van der Waals surface area (Å²) in [7, 11) is -8.54. The summed E-state index contributed by atoms with van der Waals surface area (Å²) < 4.78 is 65.7. The largest absolute Gasteiger partial charge is 0.453 e. The second-order valence-electron chi connectivity index (χ2n) is 18.1. The number of aromatic nitrogens is 2. The Morgan fingerprint density at radius 2 is 1.77 bits per heavy atom. The van der Waals surface area contributed by atoms with Crippen molar-refractivity contribution in [2.75, 3.05) is 72.9 Å². The summed E-state index contributed by atoms with van der Waals surface area (Å²) in [5, 5.41) is 16.6. The van der Waals surface area contributed by atoms with E-state index < -0.39 is 48.2 Å². The second-order valence-corrected chi connectivity index (χ2v) is 22.1. The van der Waals surface area contributed by atoms with Crippen LogP contribution in [0.5, 0.6) is 5.88 Å². The molecule has 0 unspecified atom stereocenters. The minimum absolute atomic E-state index is 0.00471. The molecule has 4 aliphatic rings. The molecule has 20 heteroatoms. The van der Waals surface area contributed by atoms with E-state index in [0.717, 1.165) is 57.8 Å². The highest BCUT2D eigenvalue weighted by atomic mass is 35.5. The number of piperazine rings is 1. The van der Waals surface area contributed by atoms with Gasteiger partial charge in [0.1, 0.15) is 17.0 Å². The Morgan fingerprint density at radius 3 is 2.52 bits per heavy atom. The molecular formula is C46H53ClN8O9S2. The molecule has 5 aromatic rings. The molecule has 1 amide bonds. The first kappa shape index (κ1) is 45.7. The van der Waals surface area contributed by atoms with Crippen LogP contribution in [0.4, 0.5) is 28.4 Å². The number of nitro benzene ring substituents is 1. The topological polar surface area (TPSA) is 216 Å². The van der Waals surface area contributed by atoms with Gasteiger partial charge in [0.25, 0.3) is 21.6 Å². The Hall–Kier alpha value is -5.41. The average molecular weight is 962 g/mol. The fraction of sp³-hybridized carbons (Fsp3) is 0.391. The van der Waals surface area contributed by atoms with E-state index >= 15 is 0 Å². The zero-order valence-electron chi connectivity index (χ0n) is 36.7. The fourth-order valence-corrected chi connectivity index (χ4v) is 11.6. The number of benzene rings is 3. The highest BCUT2D eigenvalue weighted by molar-refractivity contribution is 8.25. The van der Waals surface area contributed by atoms with Crippen LogP contribution in [0.15, 0.2) is 89.5 Å². The molecule has 0 saturated carbocycles. The molecule has 3 aromatic carbocycles. The van der Waals surface area contributed by atoms with Crippen LogP contribution in [0.1, 0.15) is 61.9 Å². The van der Waals surface area contributed by atoms with Crippen LogP contribution < -0.4 is 24.0 Å². The fourth-order valence-electron chi connectivity index (χ4n) is 9.23. The van der Waals surface area contributed by atoms with E-state index in [1.807, 2.05) is 12.1 Å². The first-order valence-electron chi connectivity index (χ1n) is 22.0. The summed E-state index contributed by atoms with van der Waals surface area (Å²) in [4.78, 5) is 37.5. The monoisotopic (exact) mass is 960 g/mol. The van der Waals surface area contributed by atoms with E-state index in [9.17, 15) is 32.4 Å². The maximum absolute atomic E-state index is 14.3. The Kier molecular flexibility index (Phi) is 12.7. The molecule has 9 rings (SSSR count). The molecule has 0 spiro atoms. The molecule has 0 bridgehead atoms. The van der Waals surface area contributed by atoms with Crippen molar-refractivity contribution in [1.82, 2.24) is 19.6 Å². The van der Waals surface area contributed by atoms with Crippen LogP contribution >= 0.6 is 22.4 Å². The van der Waals surface area contributed by atoms with Crippen molar-refractivity contribution < 1.29 is 36.7 Å². The standard InChI is InChI=1S/C46H53ClN8O9S2/c1-46(2)15-11-33(38(26-46)31-3-5-34(47)6-4-31)28-52-17-19-53(20-18-52)35-7-9-37(40(24-35)54-42-23-32-12-16-48-43(32)50-45(42)64-29-65(54,59)60)44(56)51-66(61,62)36-8-10-39(41(25-36)55(57)58)49-27-30-13-21-63-22-14-30/h3-10,12,16,23-25,30,49,59-60H,11,13-15,17-22,26-29H2,1-2H3,(H,48,50)(H,51,56). The number of nitrogens with one attached hydrogen (secondary N) is 3. The second kappa shape index (κ2) is 18.3. The van der Waals surface area contributed by atoms with E-state index in [1.165, 1.54) is 39.2 Å². The molecule has 2 aromatic heterocycles. The van der Waals surface area contributed by atoms with Gasteiger partial charge in [-0.15, -0.1) is 0 Å². The lowest BCUT2D eigenvalue weighted by Crippen LogP contribution is -2.47. The van der Waals surface area contributed by atoms with Gasteiger partial charge in [-0.2, -0.15) is 4.98 Å². The van der Waals surface area contributed by atoms with E-state index in [-0.39, 0.29) is 39.8 Å². The lowest BCUT2D eigenvalue weighted by Gasteiger charge is -2.47. The van der Waals surface area contributed by atoms with Crippen molar-refractivity contribution in [3.63, 3.8) is 0 Å². The third-order valence-corrected chi connectivity index (χ3v) is 15.9. The number of nitro groups is 1. The predicted molar refractivity (Wildman–Crippen MR) is 257 cm³/mol. The number of sulfonamides is 1. The Balaban J connectivity index is 1.00. The number of allylic oxidation sites excluding steroid dienone is 1. The highest BCUT2D eigenvalue weighted by Crippen LogP contribution is 2.58. The number of amides is 1. The van der Waals surface area contributed by atoms with E-state index in [0.29, 0.717) is 54.6 Å². The summed E-state index contributed by atoms with van der Waals surface area (Å²) in [5.41, 5.74) is 4.98. The number of H-pyrrole nitrogens is 1. The zero-order valence-corrected chi connectivity index (χ0v) is 39.1. The summed E-state index contributed by atoms with van der Waals surface area (Å²) in [5.74, 6) is -1.36. The predicted octanol–water partition coefficient (Wildman–Crippen LogP) is 9.02. The van der Waals surface area contributed by atoms with E-state index in [2.05, 4.69) is 55.8 Å². The third-order valence-electron chi connectivity index (χ3n) is 12.9. The summed E-state index contributed by atoms with van der Waals surface area (Å²) in [6.45, 7) is 9.80. The molecule has 0 atom stereocenters. The SMILES string of the molecule is CC1(C)CCC(CN2CCN(c3ccc(C(=O)NS(=O)(=O)c4ccc(NCC5CCOCC5)c([N+](=O)[O-])c4)c(N4c5cc6cc[nH]c6nc5OCS4(O)O)c3)CC2)=C(c2ccc(Cl)cc2)C1. The van der Waals surface area contributed by atoms with Gasteiger partial charge in [0, 0.05) is 80.8 Å². The first-order valence-corrected chi connectivity index (χ1v) is 25.5. The van der Waals surface area contributed by atoms with Gasteiger partial charge < -0.3 is 24.7 Å². The van der Waals surface area contributed by atoms with Crippen molar-refractivity contribution in [3.8, 4) is 5.88 Å². The third kappa shape index (κ3) is 9.69. The summed E-state index contributed by atoms with van der Waals surface area (Å²) in [6, 6.07) is 19.7. The Morgan fingerprint density at radius 1 is 1.02 bits per heavy atom. The number of hydrogen-bond acceptors (Lipinski definition) is 14.